The lowest BCUT2D eigenvalue weighted by Crippen LogP contribution is -2.53. The maximum atomic E-state index is 10.7. The Morgan fingerprint density at radius 1 is 1.30 bits per heavy atom. The van der Waals surface area contributed by atoms with Crippen molar-refractivity contribution in [2.75, 3.05) is 32.8 Å². The molecule has 30 heavy (non-hydrogen) atoms. The van der Waals surface area contributed by atoms with E-state index >= 15 is 0 Å². The van der Waals surface area contributed by atoms with Gasteiger partial charge < -0.3 is 15.3 Å². The van der Waals surface area contributed by atoms with Gasteiger partial charge in [-0.1, -0.05) is 48.4 Å². The van der Waals surface area contributed by atoms with Gasteiger partial charge in [0.05, 0.1) is 0 Å². The van der Waals surface area contributed by atoms with E-state index < -0.39 is 6.10 Å². The van der Waals surface area contributed by atoms with Crippen LogP contribution in [0.15, 0.2) is 65.5 Å². The quantitative estimate of drug-likeness (QED) is 0.562. The first-order chi connectivity index (χ1) is 14.8. The Morgan fingerprint density at radius 2 is 2.17 bits per heavy atom. The molecule has 0 spiro atoms. The summed E-state index contributed by atoms with van der Waals surface area (Å²) in [6.07, 6.45) is 7.22. The van der Waals surface area contributed by atoms with Crippen LogP contribution >= 0.6 is 0 Å². The number of benzene rings is 1. The van der Waals surface area contributed by atoms with E-state index in [1.807, 2.05) is 30.4 Å². The first-order valence-corrected chi connectivity index (χ1v) is 10.8. The molecule has 2 aliphatic heterocycles. The Hall–Kier alpha value is -2.36. The Kier molecular flexibility index (Phi) is 7.03. The second-order valence-corrected chi connectivity index (χ2v) is 7.91. The Labute approximate surface area is 179 Å². The van der Waals surface area contributed by atoms with Gasteiger partial charge in [0, 0.05) is 37.2 Å². The summed E-state index contributed by atoms with van der Waals surface area (Å²) in [5, 5.41) is 14.2. The molecule has 5 heteroatoms. The lowest BCUT2D eigenvalue weighted by molar-refractivity contribution is -0.260. The third-order valence-corrected chi connectivity index (χ3v) is 6.14. The number of rotatable bonds is 6. The van der Waals surface area contributed by atoms with Crippen LogP contribution in [0.5, 0.6) is 0 Å². The van der Waals surface area contributed by atoms with Crippen LogP contribution in [0.1, 0.15) is 31.2 Å². The lowest BCUT2D eigenvalue weighted by atomic mass is 9.89. The van der Waals surface area contributed by atoms with Crippen molar-refractivity contribution in [1.29, 1.82) is 0 Å². The van der Waals surface area contributed by atoms with Gasteiger partial charge in [-0.05, 0) is 43.5 Å². The molecule has 3 atom stereocenters. The predicted molar refractivity (Wildman–Crippen MR) is 117 cm³/mol. The van der Waals surface area contributed by atoms with E-state index in [1.165, 1.54) is 11.1 Å². The molecular weight excluding hydrogens is 376 g/mol. The molecular formula is C25H30N2O3. The normalized spacial score (nSPS) is 23.5. The molecule has 1 aromatic carbocycles. The van der Waals surface area contributed by atoms with Crippen LogP contribution < -0.4 is 5.32 Å². The first-order valence-electron chi connectivity index (χ1n) is 10.8. The van der Waals surface area contributed by atoms with Crippen LogP contribution in [0.3, 0.4) is 0 Å². The number of hydrogen-bond donors (Lipinski definition) is 2. The van der Waals surface area contributed by atoms with Gasteiger partial charge in [-0.15, -0.1) is 5.92 Å². The molecule has 1 fully saturated rings. The van der Waals surface area contributed by atoms with Gasteiger partial charge in [-0.25, -0.2) is 0 Å². The molecule has 1 aromatic rings. The Bertz CT molecular complexity index is 879. The molecule has 1 saturated heterocycles. The van der Waals surface area contributed by atoms with Gasteiger partial charge >= 0.3 is 0 Å². The minimum Gasteiger partial charge on any atom is -0.380 e. The van der Waals surface area contributed by atoms with Crippen LogP contribution in [0.2, 0.25) is 0 Å². The third kappa shape index (κ3) is 4.69. The van der Waals surface area contributed by atoms with Crippen LogP contribution in [0.4, 0.5) is 0 Å². The van der Waals surface area contributed by atoms with Crippen molar-refractivity contribution >= 4 is 0 Å². The van der Waals surface area contributed by atoms with Crippen LogP contribution in [-0.4, -0.2) is 54.9 Å². The summed E-state index contributed by atoms with van der Waals surface area (Å²) in [5.74, 6) is 6.66. The number of fused-ring (bicyclic) bond motifs is 1. The van der Waals surface area contributed by atoms with Crippen molar-refractivity contribution in [2.45, 2.75) is 37.8 Å². The molecule has 0 radical (unpaired) electrons. The minimum atomic E-state index is -0.662. The molecule has 0 bridgehead atoms. The monoisotopic (exact) mass is 406 g/mol. The fraction of sp³-hybridized carbons (Fsp3) is 0.440. The SMILES string of the molecule is CC#CC(O)C(CCN1CCNCC1C1=C2CC=CC=C2OOC1)c1ccccc1. The highest BCUT2D eigenvalue weighted by Gasteiger charge is 2.32. The zero-order valence-electron chi connectivity index (χ0n) is 17.5. The van der Waals surface area contributed by atoms with Crippen LogP contribution in [-0.2, 0) is 9.78 Å². The summed E-state index contributed by atoms with van der Waals surface area (Å²) in [4.78, 5) is 13.4. The molecule has 2 N–H and O–H groups in total. The number of allylic oxidation sites excluding steroid dienone is 4. The zero-order valence-corrected chi connectivity index (χ0v) is 17.5. The smallest absolute Gasteiger partial charge is 0.169 e. The highest BCUT2D eigenvalue weighted by atomic mass is 17.2. The molecule has 0 saturated carbocycles. The molecule has 1 aliphatic carbocycles. The molecule has 2 heterocycles. The van der Waals surface area contributed by atoms with Gasteiger partial charge in [0.25, 0.3) is 0 Å². The molecule has 3 aliphatic rings. The van der Waals surface area contributed by atoms with Crippen molar-refractivity contribution in [1.82, 2.24) is 10.2 Å². The average molecular weight is 407 g/mol. The van der Waals surface area contributed by atoms with E-state index in [2.05, 4.69) is 40.3 Å². The van der Waals surface area contributed by atoms with Crippen molar-refractivity contribution in [3.05, 3.63) is 71.0 Å². The molecule has 5 nitrogen and oxygen atoms in total. The van der Waals surface area contributed by atoms with Crippen molar-refractivity contribution in [3.8, 4) is 11.8 Å². The topological polar surface area (TPSA) is 54.0 Å². The third-order valence-electron chi connectivity index (χ3n) is 6.14. The summed E-state index contributed by atoms with van der Waals surface area (Å²) in [5.41, 5.74) is 3.69. The van der Waals surface area contributed by atoms with Crippen molar-refractivity contribution < 1.29 is 14.9 Å². The Balaban J connectivity index is 1.53. The number of hydrogen-bond acceptors (Lipinski definition) is 5. The number of nitrogens with one attached hydrogen (secondary N) is 1. The molecule has 158 valence electrons. The zero-order chi connectivity index (χ0) is 20.8. The highest BCUT2D eigenvalue weighted by Crippen LogP contribution is 2.33. The maximum absolute atomic E-state index is 10.7. The van der Waals surface area contributed by atoms with E-state index in [9.17, 15) is 5.11 Å². The number of aliphatic hydroxyl groups is 1. The molecule has 3 unspecified atom stereocenters. The predicted octanol–water partition coefficient (Wildman–Crippen LogP) is 2.92. The van der Waals surface area contributed by atoms with Gasteiger partial charge in [0.2, 0.25) is 0 Å². The second-order valence-electron chi connectivity index (χ2n) is 7.91. The number of piperazine rings is 1. The molecule has 0 aromatic heterocycles. The molecule has 0 amide bonds. The largest absolute Gasteiger partial charge is 0.380 e. The molecule has 4 rings (SSSR count). The maximum Gasteiger partial charge on any atom is 0.169 e. The first kappa shape index (κ1) is 20.9. The van der Waals surface area contributed by atoms with E-state index in [1.54, 1.807) is 6.92 Å². The lowest BCUT2D eigenvalue weighted by Gasteiger charge is -2.40. The standard InChI is InChI=1S/C25H30N2O3/c1-2-8-24(28)20(19-9-4-3-5-10-19)13-15-27-16-14-26-17-23(27)22-18-29-30-25-12-7-6-11-21(22)25/h3-7,9-10,12,20,23-24,26,28H,11,13-18H2,1H3. The summed E-state index contributed by atoms with van der Waals surface area (Å²) in [6, 6.07) is 10.5. The van der Waals surface area contributed by atoms with Crippen LogP contribution in [0.25, 0.3) is 0 Å². The van der Waals surface area contributed by atoms with Gasteiger partial charge in [-0.3, -0.25) is 4.90 Å². The van der Waals surface area contributed by atoms with Crippen LogP contribution in [0, 0.1) is 11.8 Å². The van der Waals surface area contributed by atoms with Gasteiger partial charge in [-0.2, -0.15) is 4.89 Å². The van der Waals surface area contributed by atoms with E-state index in [0.29, 0.717) is 6.61 Å². The number of aliphatic hydroxyl groups excluding tert-OH is 1. The Morgan fingerprint density at radius 3 is 3.00 bits per heavy atom. The fourth-order valence-electron chi connectivity index (χ4n) is 4.57. The summed E-state index contributed by atoms with van der Waals surface area (Å²) < 4.78 is 0. The average Bonchev–Trinajstić information content (AvgIpc) is 2.80. The van der Waals surface area contributed by atoms with E-state index in [-0.39, 0.29) is 12.0 Å². The van der Waals surface area contributed by atoms with E-state index in [0.717, 1.165) is 50.3 Å². The number of nitrogens with zero attached hydrogens (tertiary/aromatic N) is 1. The van der Waals surface area contributed by atoms with E-state index in [4.69, 9.17) is 9.78 Å². The minimum absolute atomic E-state index is 0.00847. The van der Waals surface area contributed by atoms with Gasteiger partial charge in [0.1, 0.15) is 12.7 Å². The van der Waals surface area contributed by atoms with Crippen molar-refractivity contribution in [3.63, 3.8) is 0 Å². The summed E-state index contributed by atoms with van der Waals surface area (Å²) >= 11 is 0. The van der Waals surface area contributed by atoms with Crippen molar-refractivity contribution in [2.24, 2.45) is 0 Å². The summed E-state index contributed by atoms with van der Waals surface area (Å²) in [6.45, 7) is 5.99. The second kappa shape index (κ2) is 10.1. The fourth-order valence-corrected chi connectivity index (χ4v) is 4.57. The van der Waals surface area contributed by atoms with Gasteiger partial charge in [0.15, 0.2) is 5.76 Å². The summed E-state index contributed by atoms with van der Waals surface area (Å²) in [7, 11) is 0. The highest BCUT2D eigenvalue weighted by molar-refractivity contribution is 5.42.